The van der Waals surface area contributed by atoms with Gasteiger partial charge in [0.05, 0.1) is 16.8 Å². The standard InChI is InChI=1S/C24H31FN6O/c1-4-7-20-26-23(30-14-6-13-29(15-16-30)21(32)8-5-2)22-17(3)28-31(24(22)27-20)19-11-9-18(25)10-12-19/h9-12H,4-8,13-16H2,1-3H3. The van der Waals surface area contributed by atoms with Crippen molar-refractivity contribution >= 4 is 22.8 Å². The maximum absolute atomic E-state index is 13.5. The van der Waals surface area contributed by atoms with Gasteiger partial charge in [0.15, 0.2) is 5.65 Å². The van der Waals surface area contributed by atoms with Crippen molar-refractivity contribution in [2.75, 3.05) is 31.1 Å². The molecule has 2 aromatic heterocycles. The molecule has 0 saturated carbocycles. The average molecular weight is 439 g/mol. The summed E-state index contributed by atoms with van der Waals surface area (Å²) in [6.45, 7) is 9.14. The Morgan fingerprint density at radius 2 is 1.81 bits per heavy atom. The number of aromatic nitrogens is 4. The minimum atomic E-state index is -0.282. The molecule has 1 fully saturated rings. The molecule has 1 aliphatic rings. The largest absolute Gasteiger partial charge is 0.354 e. The van der Waals surface area contributed by atoms with Gasteiger partial charge in [-0.2, -0.15) is 5.10 Å². The third kappa shape index (κ3) is 4.45. The van der Waals surface area contributed by atoms with Crippen LogP contribution < -0.4 is 4.90 Å². The molecule has 0 radical (unpaired) electrons. The molecule has 7 nitrogen and oxygen atoms in total. The maximum atomic E-state index is 13.5. The molecule has 3 aromatic rings. The second-order valence-electron chi connectivity index (χ2n) is 8.36. The van der Waals surface area contributed by atoms with Crippen LogP contribution in [0.2, 0.25) is 0 Å². The van der Waals surface area contributed by atoms with E-state index in [1.807, 2.05) is 18.7 Å². The summed E-state index contributed by atoms with van der Waals surface area (Å²) in [5, 5.41) is 5.66. The number of hydrogen-bond donors (Lipinski definition) is 0. The van der Waals surface area contributed by atoms with Gasteiger partial charge in [-0.05, 0) is 50.5 Å². The molecule has 1 amide bonds. The van der Waals surface area contributed by atoms with Crippen molar-refractivity contribution in [2.24, 2.45) is 0 Å². The number of nitrogens with zero attached hydrogens (tertiary/aromatic N) is 6. The van der Waals surface area contributed by atoms with Gasteiger partial charge >= 0.3 is 0 Å². The van der Waals surface area contributed by atoms with Gasteiger partial charge < -0.3 is 9.80 Å². The van der Waals surface area contributed by atoms with Crippen LogP contribution in [0.25, 0.3) is 16.7 Å². The molecular formula is C24H31FN6O. The molecule has 0 aliphatic carbocycles. The van der Waals surface area contributed by atoms with Gasteiger partial charge in [-0.25, -0.2) is 19.0 Å². The van der Waals surface area contributed by atoms with Crippen molar-refractivity contribution in [2.45, 2.75) is 52.9 Å². The van der Waals surface area contributed by atoms with Crippen LogP contribution >= 0.6 is 0 Å². The van der Waals surface area contributed by atoms with Crippen molar-refractivity contribution in [3.63, 3.8) is 0 Å². The molecule has 8 heteroatoms. The highest BCUT2D eigenvalue weighted by molar-refractivity contribution is 5.91. The number of halogens is 1. The Morgan fingerprint density at radius 1 is 1.03 bits per heavy atom. The molecule has 0 spiro atoms. The number of benzene rings is 1. The summed E-state index contributed by atoms with van der Waals surface area (Å²) in [5.41, 5.74) is 2.35. The molecule has 1 saturated heterocycles. The maximum Gasteiger partial charge on any atom is 0.222 e. The number of amides is 1. The summed E-state index contributed by atoms with van der Waals surface area (Å²) in [6, 6.07) is 6.30. The van der Waals surface area contributed by atoms with Crippen LogP contribution in [0.1, 0.15) is 51.0 Å². The first kappa shape index (κ1) is 22.2. The van der Waals surface area contributed by atoms with Gasteiger partial charge in [-0.1, -0.05) is 13.8 Å². The van der Waals surface area contributed by atoms with E-state index in [9.17, 15) is 9.18 Å². The van der Waals surface area contributed by atoms with Crippen LogP contribution in [0.4, 0.5) is 10.2 Å². The molecule has 0 bridgehead atoms. The van der Waals surface area contributed by atoms with Crippen molar-refractivity contribution in [1.82, 2.24) is 24.6 Å². The van der Waals surface area contributed by atoms with E-state index in [2.05, 4.69) is 11.8 Å². The van der Waals surface area contributed by atoms with Crippen LogP contribution in [0, 0.1) is 12.7 Å². The quantitative estimate of drug-likeness (QED) is 0.581. The summed E-state index contributed by atoms with van der Waals surface area (Å²) >= 11 is 0. The molecule has 1 aliphatic heterocycles. The summed E-state index contributed by atoms with van der Waals surface area (Å²) in [5.74, 6) is 1.61. The highest BCUT2D eigenvalue weighted by atomic mass is 19.1. The molecule has 32 heavy (non-hydrogen) atoms. The summed E-state index contributed by atoms with van der Waals surface area (Å²) < 4.78 is 15.3. The lowest BCUT2D eigenvalue weighted by atomic mass is 10.2. The van der Waals surface area contributed by atoms with E-state index in [1.165, 1.54) is 12.1 Å². The first-order valence-corrected chi connectivity index (χ1v) is 11.6. The monoisotopic (exact) mass is 438 g/mol. The Bertz CT molecular complexity index is 1090. The predicted octanol–water partition coefficient (Wildman–Crippen LogP) is 4.05. The van der Waals surface area contributed by atoms with E-state index >= 15 is 0 Å². The second-order valence-corrected chi connectivity index (χ2v) is 8.36. The third-order valence-corrected chi connectivity index (χ3v) is 5.89. The van der Waals surface area contributed by atoms with Crippen molar-refractivity contribution in [1.29, 1.82) is 0 Å². The molecule has 170 valence electrons. The van der Waals surface area contributed by atoms with E-state index in [4.69, 9.17) is 15.1 Å². The minimum absolute atomic E-state index is 0.231. The first-order chi connectivity index (χ1) is 15.5. The molecule has 0 N–H and O–H groups in total. The SMILES string of the molecule is CCCC(=O)N1CCCN(c2nc(CCC)nc3c2c(C)nn3-c2ccc(F)cc2)CC1. The molecular weight excluding hydrogens is 407 g/mol. The Labute approximate surface area is 188 Å². The number of rotatable bonds is 6. The first-order valence-electron chi connectivity index (χ1n) is 11.6. The van der Waals surface area contributed by atoms with Gasteiger partial charge in [0.1, 0.15) is 17.5 Å². The van der Waals surface area contributed by atoms with E-state index in [0.29, 0.717) is 13.0 Å². The fourth-order valence-electron chi connectivity index (χ4n) is 4.28. The van der Waals surface area contributed by atoms with Gasteiger partial charge in [0.25, 0.3) is 0 Å². The number of carbonyl (C=O) groups is 1. The number of carbonyl (C=O) groups excluding carboxylic acids is 1. The summed E-state index contributed by atoms with van der Waals surface area (Å²) in [7, 11) is 0. The molecule has 0 atom stereocenters. The number of fused-ring (bicyclic) bond motifs is 1. The molecule has 0 unspecified atom stereocenters. The highest BCUT2D eigenvalue weighted by Crippen LogP contribution is 2.30. The van der Waals surface area contributed by atoms with Crippen molar-refractivity contribution in [3.05, 3.63) is 41.6 Å². The molecule has 1 aromatic carbocycles. The summed E-state index contributed by atoms with van der Waals surface area (Å²) in [4.78, 5) is 26.4. The Kier molecular flexibility index (Phi) is 6.67. The Balaban J connectivity index is 1.75. The molecule has 4 rings (SSSR count). The van der Waals surface area contributed by atoms with E-state index in [1.54, 1.807) is 16.8 Å². The fourth-order valence-corrected chi connectivity index (χ4v) is 4.28. The van der Waals surface area contributed by atoms with Crippen LogP contribution in [0.15, 0.2) is 24.3 Å². The minimum Gasteiger partial charge on any atom is -0.354 e. The van der Waals surface area contributed by atoms with Crippen LogP contribution in [0.5, 0.6) is 0 Å². The van der Waals surface area contributed by atoms with Gasteiger partial charge in [-0.15, -0.1) is 0 Å². The van der Waals surface area contributed by atoms with E-state index < -0.39 is 0 Å². The lowest BCUT2D eigenvalue weighted by Gasteiger charge is -2.24. The second kappa shape index (κ2) is 9.63. The topological polar surface area (TPSA) is 67.2 Å². The van der Waals surface area contributed by atoms with Crippen molar-refractivity contribution in [3.8, 4) is 5.69 Å². The third-order valence-electron chi connectivity index (χ3n) is 5.89. The normalized spacial score (nSPS) is 14.8. The lowest BCUT2D eigenvalue weighted by Crippen LogP contribution is -2.35. The van der Waals surface area contributed by atoms with E-state index in [-0.39, 0.29) is 11.7 Å². The zero-order valence-corrected chi connectivity index (χ0v) is 19.1. The van der Waals surface area contributed by atoms with Crippen LogP contribution in [-0.2, 0) is 11.2 Å². The average Bonchev–Trinajstić information content (AvgIpc) is 2.96. The number of hydrogen-bond acceptors (Lipinski definition) is 5. The van der Waals surface area contributed by atoms with Crippen molar-refractivity contribution < 1.29 is 9.18 Å². The zero-order chi connectivity index (χ0) is 22.7. The number of aryl methyl sites for hydroxylation is 2. The molecule has 3 heterocycles. The predicted molar refractivity (Wildman–Crippen MR) is 124 cm³/mol. The highest BCUT2D eigenvalue weighted by Gasteiger charge is 2.24. The van der Waals surface area contributed by atoms with Crippen LogP contribution in [-0.4, -0.2) is 56.7 Å². The van der Waals surface area contributed by atoms with Gasteiger partial charge in [0.2, 0.25) is 5.91 Å². The fraction of sp³-hybridized carbons (Fsp3) is 0.500. The lowest BCUT2D eigenvalue weighted by molar-refractivity contribution is -0.131. The Morgan fingerprint density at radius 3 is 2.53 bits per heavy atom. The van der Waals surface area contributed by atoms with Gasteiger partial charge in [0, 0.05) is 39.0 Å². The zero-order valence-electron chi connectivity index (χ0n) is 19.1. The Hall–Kier alpha value is -3.03. The summed E-state index contributed by atoms with van der Waals surface area (Å²) in [6.07, 6.45) is 4.07. The number of anilines is 1. The van der Waals surface area contributed by atoms with Gasteiger partial charge in [-0.3, -0.25) is 4.79 Å². The van der Waals surface area contributed by atoms with E-state index in [0.717, 1.165) is 79.4 Å². The smallest absolute Gasteiger partial charge is 0.222 e. The van der Waals surface area contributed by atoms with Crippen LogP contribution in [0.3, 0.4) is 0 Å².